The molecule has 1 N–H and O–H groups in total. The fourth-order valence-electron chi connectivity index (χ4n) is 1.79. The van der Waals surface area contributed by atoms with Crippen molar-refractivity contribution < 1.29 is 0 Å². The largest absolute Gasteiger partial charge is 0.328 e. The molecule has 0 aliphatic heterocycles. The number of H-pyrrole nitrogens is 1. The first kappa shape index (κ1) is 11.9. The number of hydrogen-bond donors (Lipinski definition) is 1. The van der Waals surface area contributed by atoms with E-state index in [9.17, 15) is 9.59 Å². The summed E-state index contributed by atoms with van der Waals surface area (Å²) < 4.78 is 1.20. The van der Waals surface area contributed by atoms with E-state index >= 15 is 0 Å². The van der Waals surface area contributed by atoms with E-state index in [1.54, 1.807) is 12.1 Å². The van der Waals surface area contributed by atoms with Gasteiger partial charge in [0.05, 0.1) is 10.9 Å². The lowest BCUT2D eigenvalue weighted by atomic mass is 10.2. The van der Waals surface area contributed by atoms with Gasteiger partial charge in [-0.2, -0.15) is 0 Å². The number of nitrogens with zero attached hydrogens (tertiary/aromatic N) is 1. The molecule has 0 atom stereocenters. The van der Waals surface area contributed by atoms with Crippen molar-refractivity contribution >= 4 is 22.5 Å². The van der Waals surface area contributed by atoms with Crippen molar-refractivity contribution in [3.8, 4) is 0 Å². The van der Waals surface area contributed by atoms with Crippen LogP contribution in [0.5, 0.6) is 0 Å². The number of aromatic amines is 1. The molecule has 0 aliphatic carbocycles. The van der Waals surface area contributed by atoms with E-state index in [0.29, 0.717) is 29.7 Å². The van der Waals surface area contributed by atoms with Gasteiger partial charge < -0.3 is 4.98 Å². The normalized spacial score (nSPS) is 10.9. The highest BCUT2D eigenvalue weighted by atomic mass is 35.5. The molecule has 0 aliphatic rings. The Hall–Kier alpha value is -1.55. The van der Waals surface area contributed by atoms with Crippen LogP contribution in [0.1, 0.15) is 12.0 Å². The van der Waals surface area contributed by atoms with Crippen molar-refractivity contribution in [2.45, 2.75) is 19.9 Å². The van der Waals surface area contributed by atoms with E-state index in [0.717, 1.165) is 5.56 Å². The van der Waals surface area contributed by atoms with Gasteiger partial charge >= 0.3 is 5.69 Å². The molecule has 0 amide bonds. The molecule has 0 bridgehead atoms. The van der Waals surface area contributed by atoms with Gasteiger partial charge in [0.25, 0.3) is 5.56 Å². The number of aromatic nitrogens is 2. The molecular weight excluding hydrogens is 240 g/mol. The lowest BCUT2D eigenvalue weighted by molar-refractivity contribution is 0.625. The van der Waals surface area contributed by atoms with Gasteiger partial charge in [0.2, 0.25) is 0 Å². The molecule has 17 heavy (non-hydrogen) atoms. The molecule has 4 nitrogen and oxygen atoms in total. The Balaban J connectivity index is 2.69. The maximum absolute atomic E-state index is 12.1. The third-order valence-electron chi connectivity index (χ3n) is 2.65. The van der Waals surface area contributed by atoms with Crippen molar-refractivity contribution in [1.82, 2.24) is 9.55 Å². The fourth-order valence-corrected chi connectivity index (χ4v) is 1.90. The summed E-state index contributed by atoms with van der Waals surface area (Å²) in [6, 6.07) is 5.39. The molecule has 2 aromatic rings. The highest BCUT2D eigenvalue weighted by molar-refractivity contribution is 6.17. The topological polar surface area (TPSA) is 54.9 Å². The Kier molecular flexibility index (Phi) is 3.33. The highest BCUT2D eigenvalue weighted by Crippen LogP contribution is 2.07. The molecule has 0 saturated heterocycles. The first-order valence-corrected chi connectivity index (χ1v) is 5.96. The predicted octanol–water partition coefficient (Wildman–Crippen LogP) is 1.63. The van der Waals surface area contributed by atoms with Gasteiger partial charge in [-0.25, -0.2) is 4.79 Å². The van der Waals surface area contributed by atoms with Crippen molar-refractivity contribution in [3.63, 3.8) is 0 Å². The van der Waals surface area contributed by atoms with Crippen molar-refractivity contribution in [3.05, 3.63) is 44.6 Å². The van der Waals surface area contributed by atoms with Crippen LogP contribution < -0.4 is 11.2 Å². The van der Waals surface area contributed by atoms with E-state index in [4.69, 9.17) is 11.6 Å². The van der Waals surface area contributed by atoms with Crippen LogP contribution >= 0.6 is 11.6 Å². The summed E-state index contributed by atoms with van der Waals surface area (Å²) in [5.41, 5.74) is 0.937. The van der Waals surface area contributed by atoms with Crippen LogP contribution in [0.25, 0.3) is 10.9 Å². The lowest BCUT2D eigenvalue weighted by Crippen LogP contribution is -2.35. The van der Waals surface area contributed by atoms with Gasteiger partial charge in [-0.1, -0.05) is 11.6 Å². The summed E-state index contributed by atoms with van der Waals surface area (Å²) in [5, 5.41) is 0.541. The van der Waals surface area contributed by atoms with Crippen LogP contribution in [0.2, 0.25) is 0 Å². The molecule has 1 aromatic carbocycles. The minimum absolute atomic E-state index is 0.252. The standard InChI is InChI=1S/C12H13ClN2O2/c1-8-3-4-10-9(7-8)11(16)15(6-2-5-13)12(17)14-10/h3-4,7H,2,5-6H2,1H3,(H,14,17). The molecule has 1 heterocycles. The second-order valence-electron chi connectivity index (χ2n) is 3.98. The maximum atomic E-state index is 12.1. The molecule has 0 saturated carbocycles. The Morgan fingerprint density at radius 2 is 2.12 bits per heavy atom. The Bertz CT molecular complexity index is 658. The maximum Gasteiger partial charge on any atom is 0.328 e. The average Bonchev–Trinajstić information content (AvgIpc) is 2.30. The van der Waals surface area contributed by atoms with Gasteiger partial charge in [0.15, 0.2) is 0 Å². The van der Waals surface area contributed by atoms with Crippen molar-refractivity contribution in [1.29, 1.82) is 0 Å². The quantitative estimate of drug-likeness (QED) is 0.844. The zero-order valence-corrected chi connectivity index (χ0v) is 10.3. The van der Waals surface area contributed by atoms with Crippen LogP contribution in [0, 0.1) is 6.92 Å². The Labute approximate surface area is 103 Å². The molecule has 2 rings (SSSR count). The fraction of sp³-hybridized carbons (Fsp3) is 0.333. The number of hydrogen-bond acceptors (Lipinski definition) is 2. The lowest BCUT2D eigenvalue weighted by Gasteiger charge is -2.05. The first-order chi connectivity index (χ1) is 8.13. The average molecular weight is 253 g/mol. The highest BCUT2D eigenvalue weighted by Gasteiger charge is 2.06. The summed E-state index contributed by atoms with van der Waals surface area (Å²) in [6.45, 7) is 2.26. The number of alkyl halides is 1. The number of nitrogens with one attached hydrogen (secondary N) is 1. The molecule has 0 fully saturated rings. The summed E-state index contributed by atoms with van der Waals surface area (Å²) in [7, 11) is 0. The van der Waals surface area contributed by atoms with Crippen LogP contribution in [0.4, 0.5) is 0 Å². The number of aryl methyl sites for hydroxylation is 1. The van der Waals surface area contributed by atoms with Gasteiger partial charge in [0, 0.05) is 12.4 Å². The van der Waals surface area contributed by atoms with E-state index in [2.05, 4.69) is 4.98 Å². The number of halogens is 1. The van der Waals surface area contributed by atoms with Gasteiger partial charge in [0.1, 0.15) is 0 Å². The molecule has 90 valence electrons. The molecule has 0 unspecified atom stereocenters. The van der Waals surface area contributed by atoms with Crippen LogP contribution in [-0.4, -0.2) is 15.4 Å². The van der Waals surface area contributed by atoms with E-state index in [1.807, 2.05) is 13.0 Å². The summed E-state index contributed by atoms with van der Waals surface area (Å²) in [6.07, 6.45) is 0.599. The van der Waals surface area contributed by atoms with Crippen LogP contribution in [-0.2, 0) is 6.54 Å². The van der Waals surface area contributed by atoms with Gasteiger partial charge in [-0.3, -0.25) is 9.36 Å². The third kappa shape index (κ3) is 2.26. The van der Waals surface area contributed by atoms with E-state index < -0.39 is 0 Å². The van der Waals surface area contributed by atoms with E-state index in [1.165, 1.54) is 4.57 Å². The zero-order chi connectivity index (χ0) is 12.4. The first-order valence-electron chi connectivity index (χ1n) is 5.43. The molecule has 0 radical (unpaired) electrons. The summed E-state index contributed by atoms with van der Waals surface area (Å²) in [4.78, 5) is 26.5. The molecule has 5 heteroatoms. The van der Waals surface area contributed by atoms with Gasteiger partial charge in [-0.15, -0.1) is 11.6 Å². The van der Waals surface area contributed by atoms with Crippen molar-refractivity contribution in [2.24, 2.45) is 0 Å². The second kappa shape index (κ2) is 4.75. The SMILES string of the molecule is Cc1ccc2[nH]c(=O)n(CCCCl)c(=O)c2c1. The smallest absolute Gasteiger partial charge is 0.307 e. The third-order valence-corrected chi connectivity index (χ3v) is 2.92. The molecule has 1 aromatic heterocycles. The van der Waals surface area contributed by atoms with Crippen molar-refractivity contribution in [2.75, 3.05) is 5.88 Å². The minimum atomic E-state index is -0.378. The molecular formula is C12H13ClN2O2. The minimum Gasteiger partial charge on any atom is -0.307 e. The van der Waals surface area contributed by atoms with Crippen LogP contribution in [0.3, 0.4) is 0 Å². The summed E-state index contributed by atoms with van der Waals surface area (Å²) >= 11 is 5.57. The number of benzene rings is 1. The van der Waals surface area contributed by atoms with Crippen LogP contribution in [0.15, 0.2) is 27.8 Å². The second-order valence-corrected chi connectivity index (χ2v) is 4.36. The number of rotatable bonds is 3. The summed E-state index contributed by atoms with van der Waals surface area (Å²) in [5.74, 6) is 0.428. The predicted molar refractivity (Wildman–Crippen MR) is 68.9 cm³/mol. The zero-order valence-electron chi connectivity index (χ0n) is 9.50. The van der Waals surface area contributed by atoms with Gasteiger partial charge in [-0.05, 0) is 25.5 Å². The Morgan fingerprint density at radius 3 is 2.82 bits per heavy atom. The Morgan fingerprint density at radius 1 is 1.35 bits per heavy atom. The molecule has 0 spiro atoms. The monoisotopic (exact) mass is 252 g/mol. The van der Waals surface area contributed by atoms with E-state index in [-0.39, 0.29) is 11.2 Å². The number of fused-ring (bicyclic) bond motifs is 1.